The fourth-order valence-corrected chi connectivity index (χ4v) is 1.40. The molecule has 0 N–H and O–H groups in total. The van der Waals surface area contributed by atoms with Gasteiger partial charge in [-0.2, -0.15) is 10.2 Å². The van der Waals surface area contributed by atoms with Crippen molar-refractivity contribution < 1.29 is 0 Å². The molecule has 0 bridgehead atoms. The summed E-state index contributed by atoms with van der Waals surface area (Å²) < 4.78 is 0. The molecule has 0 aromatic heterocycles. The molecule has 0 aliphatic rings. The number of nitroso groups, excluding NO2 is 1. The maximum absolute atomic E-state index is 9.71. The van der Waals surface area contributed by atoms with Crippen LogP contribution in [0.5, 0.6) is 0 Å². The maximum Gasteiger partial charge on any atom is 0.133 e. The van der Waals surface area contributed by atoms with Crippen LogP contribution in [0, 0.1) is 15.6 Å². The van der Waals surface area contributed by atoms with Crippen molar-refractivity contribution in [3.8, 4) is 5.40 Å². The molecular weight excluding hydrogens is 172 g/mol. The smallest absolute Gasteiger partial charge is 0.133 e. The molecule has 1 atom stereocenters. The highest BCUT2D eigenvalue weighted by Crippen LogP contribution is 2.15. The average molecular weight is 186 g/mol. The van der Waals surface area contributed by atoms with Crippen LogP contribution >= 0.6 is 11.8 Å². The molecule has 0 spiro atoms. The third-order valence-electron chi connectivity index (χ3n) is 1.61. The van der Waals surface area contributed by atoms with Crippen molar-refractivity contribution >= 4 is 11.8 Å². The predicted octanol–water partition coefficient (Wildman–Crippen LogP) is 2.92. The number of unbranched alkanes of at least 4 members (excludes halogenated alkanes) is 2. The van der Waals surface area contributed by atoms with Gasteiger partial charge in [0.05, 0.1) is 6.54 Å². The maximum atomic E-state index is 9.71. The molecule has 0 aliphatic heterocycles. The van der Waals surface area contributed by atoms with Gasteiger partial charge in [0, 0.05) is 5.25 Å². The Morgan fingerprint density at radius 3 is 2.83 bits per heavy atom. The highest BCUT2D eigenvalue weighted by Gasteiger charge is 2.00. The van der Waals surface area contributed by atoms with Crippen molar-refractivity contribution in [2.45, 2.75) is 37.9 Å². The molecule has 3 nitrogen and oxygen atoms in total. The summed E-state index contributed by atoms with van der Waals surface area (Å²) in [7, 11) is 0. The van der Waals surface area contributed by atoms with E-state index in [1.54, 1.807) is 0 Å². The van der Waals surface area contributed by atoms with Gasteiger partial charge >= 0.3 is 0 Å². The SMILES string of the molecule is CC(CCCCCN=O)SC#N. The number of rotatable bonds is 7. The third-order valence-corrected chi connectivity index (χ3v) is 2.36. The van der Waals surface area contributed by atoms with E-state index < -0.39 is 0 Å². The van der Waals surface area contributed by atoms with Crippen LogP contribution in [0.4, 0.5) is 0 Å². The Kier molecular flexibility index (Phi) is 8.14. The Morgan fingerprint density at radius 2 is 2.25 bits per heavy atom. The van der Waals surface area contributed by atoms with Gasteiger partial charge in [0.2, 0.25) is 0 Å². The zero-order chi connectivity index (χ0) is 9.23. The van der Waals surface area contributed by atoms with E-state index in [4.69, 9.17) is 5.26 Å². The monoisotopic (exact) mass is 186 g/mol. The highest BCUT2D eigenvalue weighted by molar-refractivity contribution is 8.04. The van der Waals surface area contributed by atoms with E-state index >= 15 is 0 Å². The predicted molar refractivity (Wildman–Crippen MR) is 51.8 cm³/mol. The molecular formula is C8H14N2OS. The zero-order valence-electron chi connectivity index (χ0n) is 7.32. The summed E-state index contributed by atoms with van der Waals surface area (Å²) in [6.45, 7) is 2.48. The molecule has 4 heteroatoms. The lowest BCUT2D eigenvalue weighted by atomic mass is 10.1. The molecule has 12 heavy (non-hydrogen) atoms. The van der Waals surface area contributed by atoms with Crippen LogP contribution in [-0.4, -0.2) is 11.8 Å². The van der Waals surface area contributed by atoms with E-state index in [9.17, 15) is 4.91 Å². The van der Waals surface area contributed by atoms with Crippen LogP contribution in [0.2, 0.25) is 0 Å². The Bertz CT molecular complexity index is 156. The van der Waals surface area contributed by atoms with Crippen LogP contribution in [0.25, 0.3) is 0 Å². The quantitative estimate of drug-likeness (QED) is 0.349. The largest absolute Gasteiger partial charge is 0.185 e. The summed E-state index contributed by atoms with van der Waals surface area (Å²) in [5.41, 5.74) is 0. The minimum Gasteiger partial charge on any atom is -0.185 e. The van der Waals surface area contributed by atoms with Crippen LogP contribution in [-0.2, 0) is 0 Å². The Hall–Kier alpha value is -0.560. The molecule has 0 aliphatic carbocycles. The highest BCUT2D eigenvalue weighted by atomic mass is 32.2. The Labute approximate surface area is 77.5 Å². The second-order valence-electron chi connectivity index (χ2n) is 2.72. The van der Waals surface area contributed by atoms with Gasteiger partial charge < -0.3 is 0 Å². The average Bonchev–Trinajstić information content (AvgIpc) is 2.05. The van der Waals surface area contributed by atoms with Gasteiger partial charge in [-0.1, -0.05) is 24.9 Å². The number of nitrogens with zero attached hydrogens (tertiary/aromatic N) is 2. The van der Waals surface area contributed by atoms with Gasteiger partial charge in [-0.05, 0) is 24.6 Å². The second-order valence-corrected chi connectivity index (χ2v) is 3.94. The molecule has 0 amide bonds. The lowest BCUT2D eigenvalue weighted by Gasteiger charge is -2.03. The van der Waals surface area contributed by atoms with E-state index in [1.165, 1.54) is 11.8 Å². The van der Waals surface area contributed by atoms with E-state index in [-0.39, 0.29) is 0 Å². The number of hydrogen-bond acceptors (Lipinski definition) is 4. The molecule has 0 aromatic carbocycles. The van der Waals surface area contributed by atoms with E-state index in [2.05, 4.69) is 10.6 Å². The summed E-state index contributed by atoms with van der Waals surface area (Å²) in [4.78, 5) is 9.71. The summed E-state index contributed by atoms with van der Waals surface area (Å²) >= 11 is 1.32. The molecule has 0 fully saturated rings. The fourth-order valence-electron chi connectivity index (χ4n) is 0.934. The first kappa shape index (κ1) is 11.4. The third kappa shape index (κ3) is 7.55. The molecule has 0 aromatic rings. The van der Waals surface area contributed by atoms with Crippen LogP contribution in [0.15, 0.2) is 5.18 Å². The topological polar surface area (TPSA) is 53.2 Å². The molecule has 0 radical (unpaired) electrons. The first-order valence-corrected chi connectivity index (χ1v) is 5.03. The zero-order valence-corrected chi connectivity index (χ0v) is 8.14. The standard InChI is InChI=1S/C8H14N2OS/c1-8(12-7-9)5-3-2-4-6-10-11/h8H,2-6H2,1H3. The van der Waals surface area contributed by atoms with Crippen LogP contribution in [0.1, 0.15) is 32.6 Å². The van der Waals surface area contributed by atoms with E-state index in [0.29, 0.717) is 11.8 Å². The summed E-state index contributed by atoms with van der Waals surface area (Å²) in [5.74, 6) is 0. The number of nitriles is 1. The summed E-state index contributed by atoms with van der Waals surface area (Å²) in [6, 6.07) is 0. The number of thiocyanates is 1. The Balaban J connectivity index is 3.09. The van der Waals surface area contributed by atoms with Crippen molar-refractivity contribution in [3.05, 3.63) is 4.91 Å². The molecule has 0 saturated heterocycles. The van der Waals surface area contributed by atoms with Gasteiger partial charge in [0.15, 0.2) is 0 Å². The minimum absolute atomic E-state index is 0.416. The normalized spacial score (nSPS) is 12.0. The fraction of sp³-hybridized carbons (Fsp3) is 0.875. The van der Waals surface area contributed by atoms with Gasteiger partial charge in [-0.3, -0.25) is 0 Å². The molecule has 68 valence electrons. The van der Waals surface area contributed by atoms with Crippen LogP contribution in [0.3, 0.4) is 0 Å². The lowest BCUT2D eigenvalue weighted by molar-refractivity contribution is 0.645. The molecule has 0 heterocycles. The van der Waals surface area contributed by atoms with Crippen molar-refractivity contribution in [1.29, 1.82) is 5.26 Å². The van der Waals surface area contributed by atoms with Gasteiger partial charge in [0.1, 0.15) is 5.40 Å². The Morgan fingerprint density at radius 1 is 1.50 bits per heavy atom. The number of thioether (sulfide) groups is 1. The first-order chi connectivity index (χ1) is 5.81. The van der Waals surface area contributed by atoms with Gasteiger partial charge in [-0.15, -0.1) is 0 Å². The van der Waals surface area contributed by atoms with Crippen molar-refractivity contribution in [2.75, 3.05) is 6.54 Å². The second kappa shape index (κ2) is 8.54. The minimum atomic E-state index is 0.416. The van der Waals surface area contributed by atoms with Crippen molar-refractivity contribution in [2.24, 2.45) is 5.18 Å². The van der Waals surface area contributed by atoms with E-state index in [1.807, 2.05) is 6.92 Å². The first-order valence-electron chi connectivity index (χ1n) is 4.15. The molecule has 0 rings (SSSR count). The number of hydrogen-bond donors (Lipinski definition) is 0. The van der Waals surface area contributed by atoms with Gasteiger partial charge in [0.25, 0.3) is 0 Å². The van der Waals surface area contributed by atoms with Crippen LogP contribution < -0.4 is 0 Å². The lowest BCUT2D eigenvalue weighted by Crippen LogP contribution is -1.94. The molecule has 0 saturated carbocycles. The van der Waals surface area contributed by atoms with Gasteiger partial charge in [-0.25, -0.2) is 0 Å². The van der Waals surface area contributed by atoms with E-state index in [0.717, 1.165) is 25.7 Å². The summed E-state index contributed by atoms with van der Waals surface area (Å²) in [6.07, 6.45) is 4.07. The van der Waals surface area contributed by atoms with Crippen molar-refractivity contribution in [3.63, 3.8) is 0 Å². The summed E-state index contributed by atoms with van der Waals surface area (Å²) in [5, 5.41) is 13.6. The van der Waals surface area contributed by atoms with Crippen molar-refractivity contribution in [1.82, 2.24) is 0 Å². The molecule has 1 unspecified atom stereocenters.